The molecule has 1 fully saturated rings. The molecule has 1 saturated heterocycles. The second-order valence-electron chi connectivity index (χ2n) is 17.9. The minimum absolute atomic E-state index is 0.0367. The maximum atomic E-state index is 15.9. The average Bonchev–Trinajstić information content (AvgIpc) is 3.72. The van der Waals surface area contributed by atoms with Crippen LogP contribution in [-0.2, 0) is 70.9 Å². The highest BCUT2D eigenvalue weighted by molar-refractivity contribution is 6.31. The zero-order chi connectivity index (χ0) is 49.9. The van der Waals surface area contributed by atoms with E-state index in [9.17, 15) is 0 Å². The van der Waals surface area contributed by atoms with E-state index in [0.717, 1.165) is 33.6 Å². The van der Waals surface area contributed by atoms with Crippen molar-refractivity contribution in [3.8, 4) is 0 Å². The van der Waals surface area contributed by atoms with Gasteiger partial charge in [-0.2, -0.15) is 0 Å². The molecule has 1 aliphatic rings. The summed E-state index contributed by atoms with van der Waals surface area (Å²) in [5.41, 5.74) is 4.88. The number of Topliss-reactive ketones (excluding diaryl/α,β-unsaturated/α-hetero) is 1. The van der Waals surface area contributed by atoms with E-state index in [1.807, 2.05) is 192 Å². The van der Waals surface area contributed by atoms with Gasteiger partial charge in [0.2, 0.25) is 0 Å². The predicted molar refractivity (Wildman–Crippen MR) is 278 cm³/mol. The molecule has 370 valence electrons. The molecule has 2 unspecified atom stereocenters. The molecule has 0 bridgehead atoms. The summed E-state index contributed by atoms with van der Waals surface area (Å²) >= 11 is 7.15. The summed E-state index contributed by atoms with van der Waals surface area (Å²) < 4.78 is 53.7. The first kappa shape index (κ1) is 52.8. The van der Waals surface area contributed by atoms with Crippen molar-refractivity contribution in [2.75, 3.05) is 19.8 Å². The number of ketones is 1. The van der Waals surface area contributed by atoms with Crippen molar-refractivity contribution in [1.82, 2.24) is 0 Å². The Kier molecular flexibility index (Phi) is 19.7. The number of hydrogen-bond acceptors (Lipinski definition) is 9. The van der Waals surface area contributed by atoms with E-state index in [0.29, 0.717) is 34.9 Å². The van der Waals surface area contributed by atoms with Gasteiger partial charge in [-0.15, -0.1) is 0 Å². The van der Waals surface area contributed by atoms with Crippen LogP contribution in [0.3, 0.4) is 0 Å². The van der Waals surface area contributed by atoms with Gasteiger partial charge in [0.05, 0.1) is 58.6 Å². The Morgan fingerprint density at radius 2 is 1.15 bits per heavy atom. The fourth-order valence-electron chi connectivity index (χ4n) is 8.47. The molecule has 9 nitrogen and oxygen atoms in total. The molecule has 0 saturated carbocycles. The Morgan fingerprint density at radius 1 is 0.662 bits per heavy atom. The lowest BCUT2D eigenvalue weighted by Crippen LogP contribution is -2.61. The van der Waals surface area contributed by atoms with Crippen molar-refractivity contribution in [3.05, 3.63) is 250 Å². The number of benzene rings is 6. The van der Waals surface area contributed by atoms with Crippen LogP contribution in [0, 0.1) is 0 Å². The Morgan fingerprint density at radius 3 is 1.65 bits per heavy atom. The minimum atomic E-state index is -1.30. The molecular weight excluding hydrogens is 912 g/mol. The number of halogens is 1. The fraction of sp³-hybridized carbons (Fsp3) is 0.295. The summed E-state index contributed by atoms with van der Waals surface area (Å²) in [4.78, 5) is 15.9. The third-order valence-electron chi connectivity index (χ3n) is 12.0. The van der Waals surface area contributed by atoms with Crippen LogP contribution >= 0.6 is 11.6 Å². The van der Waals surface area contributed by atoms with Crippen LogP contribution in [0.25, 0.3) is 0 Å². The van der Waals surface area contributed by atoms with Gasteiger partial charge in [-0.25, -0.2) is 0 Å². The Bertz CT molecular complexity index is 2620. The second kappa shape index (κ2) is 26.5. The largest absolute Gasteiger partial charge is 0.499 e. The number of carbonyl (C=O) groups is 1. The summed E-state index contributed by atoms with van der Waals surface area (Å²) in [5.74, 6) is -0.705. The lowest BCUT2D eigenvalue weighted by Gasteiger charge is -2.42. The molecule has 7 rings (SSSR count). The Hall–Kier alpha value is -5.98. The van der Waals surface area contributed by atoms with Crippen molar-refractivity contribution in [2.45, 2.75) is 96.5 Å². The molecule has 1 aliphatic heterocycles. The SMILES string of the molecule is C=C/C(=C\C=C(/C)OCC)C(OCc1ccccc1)c1cc(C(=O)[C@H](OCc2ccccc2)[C@@H](OCc2ccccc2)[C@H](OCc2ccccc2)C2(COCc3ccccc3)COC(C)(C)O2)ccc1Cl. The number of ether oxygens (including phenoxy) is 8. The number of carbonyl (C=O) groups excluding carboxylic acids is 1. The molecule has 71 heavy (non-hydrogen) atoms. The van der Waals surface area contributed by atoms with Crippen molar-refractivity contribution in [1.29, 1.82) is 0 Å². The normalized spacial score (nSPS) is 17.5. The molecule has 0 aliphatic carbocycles. The Balaban J connectivity index is 1.36. The zero-order valence-corrected chi connectivity index (χ0v) is 41.9. The summed E-state index contributed by atoms with van der Waals surface area (Å²) in [6, 6.07) is 54.4. The lowest BCUT2D eigenvalue weighted by molar-refractivity contribution is -0.244. The first-order valence-electron chi connectivity index (χ1n) is 24.1. The fourth-order valence-corrected chi connectivity index (χ4v) is 8.69. The molecule has 0 N–H and O–H groups in total. The monoisotopic (exact) mass is 976 g/mol. The molecule has 0 aromatic heterocycles. The first-order valence-corrected chi connectivity index (χ1v) is 24.5. The van der Waals surface area contributed by atoms with Gasteiger partial charge in [0.25, 0.3) is 0 Å². The maximum Gasteiger partial charge on any atom is 0.194 e. The van der Waals surface area contributed by atoms with E-state index in [1.165, 1.54) is 0 Å². The van der Waals surface area contributed by atoms with Gasteiger partial charge in [-0.3, -0.25) is 4.79 Å². The highest BCUT2D eigenvalue weighted by Crippen LogP contribution is 2.40. The minimum Gasteiger partial charge on any atom is -0.499 e. The summed E-state index contributed by atoms with van der Waals surface area (Å²) in [6.07, 6.45) is 1.33. The predicted octanol–water partition coefficient (Wildman–Crippen LogP) is 13.3. The second-order valence-corrected chi connectivity index (χ2v) is 18.3. The van der Waals surface area contributed by atoms with E-state index in [-0.39, 0.29) is 45.4 Å². The number of hydrogen-bond donors (Lipinski definition) is 0. The molecule has 0 spiro atoms. The topological polar surface area (TPSA) is 90.9 Å². The van der Waals surface area contributed by atoms with Gasteiger partial charge in [0.1, 0.15) is 30.0 Å². The van der Waals surface area contributed by atoms with Crippen LogP contribution in [-0.4, -0.2) is 55.3 Å². The number of rotatable bonds is 27. The molecule has 1 heterocycles. The van der Waals surface area contributed by atoms with Crippen LogP contribution in [0.4, 0.5) is 0 Å². The molecule has 0 amide bonds. The van der Waals surface area contributed by atoms with Gasteiger partial charge in [0, 0.05) is 16.1 Å². The molecule has 0 radical (unpaired) electrons. The van der Waals surface area contributed by atoms with Gasteiger partial charge < -0.3 is 37.9 Å². The van der Waals surface area contributed by atoms with Gasteiger partial charge >= 0.3 is 0 Å². The van der Waals surface area contributed by atoms with Crippen molar-refractivity contribution in [3.63, 3.8) is 0 Å². The molecule has 10 heteroatoms. The van der Waals surface area contributed by atoms with Gasteiger partial charge in [-0.05, 0) is 85.4 Å². The third kappa shape index (κ3) is 15.3. The van der Waals surface area contributed by atoms with E-state index < -0.39 is 35.8 Å². The van der Waals surface area contributed by atoms with Crippen LogP contribution in [0.5, 0.6) is 0 Å². The number of allylic oxidation sites excluding steroid dienone is 3. The Labute approximate surface area is 424 Å². The quantitative estimate of drug-likeness (QED) is 0.0284. The highest BCUT2D eigenvalue weighted by Gasteiger charge is 2.57. The van der Waals surface area contributed by atoms with E-state index in [2.05, 4.69) is 6.58 Å². The third-order valence-corrected chi connectivity index (χ3v) is 12.4. The molecule has 5 atom stereocenters. The highest BCUT2D eigenvalue weighted by atomic mass is 35.5. The van der Waals surface area contributed by atoms with Crippen LogP contribution in [0.2, 0.25) is 5.02 Å². The van der Waals surface area contributed by atoms with E-state index >= 15 is 4.79 Å². The van der Waals surface area contributed by atoms with E-state index in [1.54, 1.807) is 24.3 Å². The van der Waals surface area contributed by atoms with Crippen molar-refractivity contribution >= 4 is 17.4 Å². The van der Waals surface area contributed by atoms with Crippen LogP contribution in [0.1, 0.15) is 77.5 Å². The van der Waals surface area contributed by atoms with Crippen molar-refractivity contribution < 1.29 is 42.7 Å². The van der Waals surface area contributed by atoms with Crippen molar-refractivity contribution in [2.24, 2.45) is 0 Å². The first-order chi connectivity index (χ1) is 34.6. The van der Waals surface area contributed by atoms with Crippen LogP contribution in [0.15, 0.2) is 206 Å². The summed E-state index contributed by atoms with van der Waals surface area (Å²) in [6.45, 7) is 13.2. The van der Waals surface area contributed by atoms with Gasteiger partial charge in [0.15, 0.2) is 11.6 Å². The molecule has 6 aromatic rings. The summed E-state index contributed by atoms with van der Waals surface area (Å²) in [5, 5.41) is 0.397. The molecule has 6 aromatic carbocycles. The standard InChI is InChI=1S/C61H65ClO9/c1-6-51(34-33-45(3)65-7-2)56(66-39-47-25-15-9-16-26-47)53-37-52(35-36-54(53)62)55(63)57(67-40-48-27-17-10-18-28-48)58(68-41-49-29-19-11-20-30-49)59(69-42-50-31-21-12-22-32-50)61(44-70-60(4,5)71-61)43-64-38-46-23-13-8-14-24-46/h6,8-37,56-59H,1,7,38-44H2,2-5H3/b45-33+,51-34+/t56?,57-,58+,59-,61?/m0/s1. The van der Waals surface area contributed by atoms with Gasteiger partial charge in [-0.1, -0.05) is 182 Å². The van der Waals surface area contributed by atoms with E-state index in [4.69, 9.17) is 49.5 Å². The van der Waals surface area contributed by atoms with Crippen LogP contribution < -0.4 is 0 Å². The maximum absolute atomic E-state index is 15.9. The molecular formula is C61H65ClO9. The average molecular weight is 978 g/mol. The summed E-state index contributed by atoms with van der Waals surface area (Å²) in [7, 11) is 0. The zero-order valence-electron chi connectivity index (χ0n) is 41.1. The smallest absolute Gasteiger partial charge is 0.194 e. The lowest BCUT2D eigenvalue weighted by atomic mass is 9.87.